The molecule has 0 bridgehead atoms. The topological polar surface area (TPSA) is 37.8 Å². The molecule has 3 rings (SSSR count). The highest BCUT2D eigenvalue weighted by atomic mass is 79.9. The van der Waals surface area contributed by atoms with Crippen molar-refractivity contribution >= 4 is 26.8 Å². The Morgan fingerprint density at radius 2 is 1.94 bits per heavy atom. The lowest BCUT2D eigenvalue weighted by molar-refractivity contribution is 0.950. The quantitative estimate of drug-likeness (QED) is 0.734. The maximum absolute atomic E-state index is 11.9. The van der Waals surface area contributed by atoms with Gasteiger partial charge in [0.2, 0.25) is 0 Å². The number of hydrogen-bond acceptors (Lipinski definition) is 1. The van der Waals surface area contributed by atoms with Crippen LogP contribution in [0.1, 0.15) is 0 Å². The summed E-state index contributed by atoms with van der Waals surface area (Å²) in [6.45, 7) is 0. The second-order valence-corrected chi connectivity index (χ2v) is 4.63. The van der Waals surface area contributed by atoms with Gasteiger partial charge in [0.1, 0.15) is 5.82 Å². The van der Waals surface area contributed by atoms with E-state index >= 15 is 0 Å². The van der Waals surface area contributed by atoms with Crippen LogP contribution in [0.15, 0.2) is 57.9 Å². The fraction of sp³-hybridized carbons (Fsp3) is 0. The lowest BCUT2D eigenvalue weighted by atomic mass is 10.2. The Kier molecular flexibility index (Phi) is 2.37. The molecule has 3 aromatic rings. The number of aromatic nitrogens is 2. The number of para-hydroxylation sites is 1. The average molecular weight is 289 g/mol. The van der Waals surface area contributed by atoms with Crippen LogP contribution in [0.4, 0.5) is 0 Å². The summed E-state index contributed by atoms with van der Waals surface area (Å²) in [6.07, 6.45) is 1.75. The smallest absolute Gasteiger partial charge is 0.270 e. The molecule has 4 heteroatoms. The number of pyridine rings is 1. The van der Waals surface area contributed by atoms with E-state index in [9.17, 15) is 4.79 Å². The number of fused-ring (bicyclic) bond motifs is 1. The van der Waals surface area contributed by atoms with E-state index in [1.807, 2.05) is 36.4 Å². The molecule has 2 aromatic heterocycles. The van der Waals surface area contributed by atoms with E-state index in [1.165, 1.54) is 0 Å². The Morgan fingerprint density at radius 1 is 1.12 bits per heavy atom. The lowest BCUT2D eigenvalue weighted by Crippen LogP contribution is -2.17. The van der Waals surface area contributed by atoms with Crippen molar-refractivity contribution < 1.29 is 0 Å². The minimum absolute atomic E-state index is 0.0703. The second kappa shape index (κ2) is 3.89. The second-order valence-electron chi connectivity index (χ2n) is 3.77. The molecule has 0 aliphatic carbocycles. The number of H-pyrrole nitrogens is 1. The predicted molar refractivity (Wildman–Crippen MR) is 71.6 cm³/mol. The van der Waals surface area contributed by atoms with Crippen molar-refractivity contribution in [3.8, 4) is 5.82 Å². The first-order valence-electron chi connectivity index (χ1n) is 5.21. The molecule has 0 fully saturated rings. The molecule has 0 aliphatic rings. The molecular weight excluding hydrogens is 280 g/mol. The molecule has 0 radical (unpaired) electrons. The molecule has 0 amide bonds. The zero-order chi connectivity index (χ0) is 11.8. The monoisotopic (exact) mass is 288 g/mol. The highest BCUT2D eigenvalue weighted by Crippen LogP contribution is 2.17. The summed E-state index contributed by atoms with van der Waals surface area (Å²) in [5.74, 6) is 0.775. The van der Waals surface area contributed by atoms with Crippen molar-refractivity contribution in [1.82, 2.24) is 9.55 Å². The SMILES string of the molecule is O=c1c(Br)cccn1-c1cc2ccccc2[nH]1. The minimum Gasteiger partial charge on any atom is -0.341 e. The third-order valence-corrected chi connectivity index (χ3v) is 3.28. The summed E-state index contributed by atoms with van der Waals surface area (Å²) in [7, 11) is 0. The summed E-state index contributed by atoms with van der Waals surface area (Å²) in [4.78, 5) is 15.2. The van der Waals surface area contributed by atoms with E-state index in [0.717, 1.165) is 16.7 Å². The molecule has 3 nitrogen and oxygen atoms in total. The van der Waals surface area contributed by atoms with Crippen molar-refractivity contribution in [2.24, 2.45) is 0 Å². The van der Waals surface area contributed by atoms with Gasteiger partial charge in [0.05, 0.1) is 4.47 Å². The molecule has 0 spiro atoms. The van der Waals surface area contributed by atoms with Crippen LogP contribution in [0.5, 0.6) is 0 Å². The van der Waals surface area contributed by atoms with Gasteiger partial charge in [-0.3, -0.25) is 9.36 Å². The molecule has 1 N–H and O–H groups in total. The number of rotatable bonds is 1. The van der Waals surface area contributed by atoms with Gasteiger partial charge in [0.15, 0.2) is 0 Å². The van der Waals surface area contributed by atoms with Gasteiger partial charge in [-0.05, 0) is 40.2 Å². The molecule has 1 aromatic carbocycles. The number of nitrogens with zero attached hydrogens (tertiary/aromatic N) is 1. The fourth-order valence-corrected chi connectivity index (χ4v) is 2.19. The highest BCUT2D eigenvalue weighted by molar-refractivity contribution is 9.10. The zero-order valence-electron chi connectivity index (χ0n) is 8.85. The van der Waals surface area contributed by atoms with E-state index in [4.69, 9.17) is 0 Å². The first kappa shape index (κ1) is 10.4. The number of benzene rings is 1. The standard InChI is InChI=1S/C13H9BrN2O/c14-10-5-3-7-16(13(10)17)12-8-9-4-1-2-6-11(9)15-12/h1-8,15H. The summed E-state index contributed by atoms with van der Waals surface area (Å²) < 4.78 is 2.14. The molecule has 2 heterocycles. The third-order valence-electron chi connectivity index (χ3n) is 2.68. The molecule has 0 saturated carbocycles. The average Bonchev–Trinajstić information content (AvgIpc) is 2.76. The fourth-order valence-electron chi connectivity index (χ4n) is 1.85. The number of nitrogens with one attached hydrogen (secondary N) is 1. The maximum Gasteiger partial charge on any atom is 0.270 e. The molecule has 17 heavy (non-hydrogen) atoms. The molecule has 0 saturated heterocycles. The van der Waals surface area contributed by atoms with E-state index < -0.39 is 0 Å². The first-order valence-corrected chi connectivity index (χ1v) is 6.00. The molecule has 0 atom stereocenters. The predicted octanol–water partition coefficient (Wildman–Crippen LogP) is 3.08. The minimum atomic E-state index is -0.0703. The number of aromatic amines is 1. The molecule has 84 valence electrons. The van der Waals surface area contributed by atoms with E-state index in [1.54, 1.807) is 16.8 Å². The summed E-state index contributed by atoms with van der Waals surface area (Å²) in [6, 6.07) is 13.5. The van der Waals surface area contributed by atoms with Gasteiger partial charge in [-0.2, -0.15) is 0 Å². The Balaban J connectivity index is 2.28. The first-order chi connectivity index (χ1) is 8.25. The van der Waals surface area contributed by atoms with Crippen LogP contribution in [0, 0.1) is 0 Å². The third kappa shape index (κ3) is 1.70. The van der Waals surface area contributed by atoms with Crippen molar-refractivity contribution in [3.05, 3.63) is 63.5 Å². The zero-order valence-corrected chi connectivity index (χ0v) is 10.4. The van der Waals surface area contributed by atoms with E-state index in [0.29, 0.717) is 4.47 Å². The van der Waals surface area contributed by atoms with Crippen molar-refractivity contribution in [2.75, 3.05) is 0 Å². The Bertz CT molecular complexity index is 709. The van der Waals surface area contributed by atoms with Gasteiger partial charge in [-0.15, -0.1) is 0 Å². The van der Waals surface area contributed by atoms with Crippen molar-refractivity contribution in [1.29, 1.82) is 0 Å². The van der Waals surface area contributed by atoms with Crippen LogP contribution >= 0.6 is 15.9 Å². The Morgan fingerprint density at radius 3 is 2.76 bits per heavy atom. The van der Waals surface area contributed by atoms with Gasteiger partial charge in [0.25, 0.3) is 5.56 Å². The van der Waals surface area contributed by atoms with Crippen LogP contribution in [-0.2, 0) is 0 Å². The van der Waals surface area contributed by atoms with E-state index in [2.05, 4.69) is 20.9 Å². The lowest BCUT2D eigenvalue weighted by Gasteiger charge is -2.01. The van der Waals surface area contributed by atoms with Crippen molar-refractivity contribution in [2.45, 2.75) is 0 Å². The maximum atomic E-state index is 11.9. The van der Waals surface area contributed by atoms with Gasteiger partial charge in [0, 0.05) is 17.1 Å². The normalized spacial score (nSPS) is 10.9. The number of halogens is 1. The number of hydrogen-bond donors (Lipinski definition) is 1. The van der Waals surface area contributed by atoms with Crippen LogP contribution in [0.2, 0.25) is 0 Å². The van der Waals surface area contributed by atoms with Crippen LogP contribution < -0.4 is 5.56 Å². The van der Waals surface area contributed by atoms with Gasteiger partial charge in [-0.25, -0.2) is 0 Å². The largest absolute Gasteiger partial charge is 0.341 e. The van der Waals surface area contributed by atoms with Crippen molar-refractivity contribution in [3.63, 3.8) is 0 Å². The molecule has 0 aliphatic heterocycles. The Hall–Kier alpha value is -1.81. The molecular formula is C13H9BrN2O. The van der Waals surface area contributed by atoms with Crippen LogP contribution in [0.25, 0.3) is 16.7 Å². The molecule has 0 unspecified atom stereocenters. The van der Waals surface area contributed by atoms with E-state index in [-0.39, 0.29) is 5.56 Å². The van der Waals surface area contributed by atoms with Gasteiger partial charge < -0.3 is 4.98 Å². The summed E-state index contributed by atoms with van der Waals surface area (Å²) in [5, 5.41) is 1.09. The summed E-state index contributed by atoms with van der Waals surface area (Å²) in [5.41, 5.74) is 0.952. The van der Waals surface area contributed by atoms with Crippen LogP contribution in [-0.4, -0.2) is 9.55 Å². The van der Waals surface area contributed by atoms with Crippen LogP contribution in [0.3, 0.4) is 0 Å². The van der Waals surface area contributed by atoms with Gasteiger partial charge >= 0.3 is 0 Å². The highest BCUT2D eigenvalue weighted by Gasteiger charge is 2.05. The van der Waals surface area contributed by atoms with Gasteiger partial charge in [-0.1, -0.05) is 18.2 Å². The summed E-state index contributed by atoms with van der Waals surface area (Å²) >= 11 is 3.24. The Labute approximate surface area is 106 Å².